The molecule has 0 saturated carbocycles. The summed E-state index contributed by atoms with van der Waals surface area (Å²) in [5, 5.41) is 8.68. The van der Waals surface area contributed by atoms with Gasteiger partial charge in [-0.05, 0) is 18.2 Å². The van der Waals surface area contributed by atoms with Crippen LogP contribution < -0.4 is 5.73 Å². The smallest absolute Gasteiger partial charge is 0.116 e. The Balaban J connectivity index is 2.55. The van der Waals surface area contributed by atoms with Crippen LogP contribution in [-0.2, 0) is 0 Å². The molecule has 2 rings (SSSR count). The van der Waals surface area contributed by atoms with Crippen LogP contribution in [0.5, 0.6) is 0 Å². The van der Waals surface area contributed by atoms with Gasteiger partial charge in [0.1, 0.15) is 5.69 Å². The first-order valence-electron chi connectivity index (χ1n) is 4.21. The van der Waals surface area contributed by atoms with Gasteiger partial charge in [-0.25, -0.2) is 0 Å². The van der Waals surface area contributed by atoms with Gasteiger partial charge >= 0.3 is 0 Å². The third-order valence-electron chi connectivity index (χ3n) is 1.94. The van der Waals surface area contributed by atoms with Gasteiger partial charge in [0.05, 0.1) is 21.9 Å². The van der Waals surface area contributed by atoms with Gasteiger partial charge in [0.15, 0.2) is 0 Å². The summed E-state index contributed by atoms with van der Waals surface area (Å²) in [6, 6.07) is 6.90. The summed E-state index contributed by atoms with van der Waals surface area (Å²) in [5.41, 5.74) is 7.73. The van der Waals surface area contributed by atoms with E-state index in [0.29, 0.717) is 21.4 Å². The van der Waals surface area contributed by atoms with Crippen molar-refractivity contribution in [3.05, 3.63) is 40.5 Å². The van der Waals surface area contributed by atoms with E-state index in [1.807, 2.05) is 0 Å². The lowest BCUT2D eigenvalue weighted by molar-refractivity contribution is 1.04. The third kappa shape index (κ3) is 2.03. The minimum Gasteiger partial charge on any atom is -0.397 e. The molecule has 0 aliphatic heterocycles. The number of hydrogen-bond acceptors (Lipinski definition) is 3. The van der Waals surface area contributed by atoms with Crippen LogP contribution in [0.1, 0.15) is 0 Å². The van der Waals surface area contributed by atoms with Gasteiger partial charge in [0.25, 0.3) is 0 Å². The fourth-order valence-corrected chi connectivity index (χ4v) is 1.51. The highest BCUT2D eigenvalue weighted by Crippen LogP contribution is 2.29. The molecule has 2 aromatic rings. The molecule has 0 amide bonds. The minimum absolute atomic E-state index is 0.471. The van der Waals surface area contributed by atoms with E-state index in [1.165, 1.54) is 6.20 Å². The molecular formula is C10H7Cl2N3. The lowest BCUT2D eigenvalue weighted by atomic mass is 10.1. The Bertz CT molecular complexity index is 500. The highest BCUT2D eigenvalue weighted by Gasteiger charge is 2.06. The maximum absolute atomic E-state index is 5.90. The number of halogens is 2. The summed E-state index contributed by atoms with van der Waals surface area (Å²) in [6.07, 6.45) is 1.54. The molecule has 1 aromatic heterocycles. The molecule has 5 heteroatoms. The van der Waals surface area contributed by atoms with Gasteiger partial charge in [0, 0.05) is 5.56 Å². The molecule has 0 unspecified atom stereocenters. The van der Waals surface area contributed by atoms with Crippen molar-refractivity contribution in [3.8, 4) is 11.3 Å². The monoisotopic (exact) mass is 239 g/mol. The van der Waals surface area contributed by atoms with Crippen LogP contribution in [0.25, 0.3) is 11.3 Å². The van der Waals surface area contributed by atoms with E-state index in [1.54, 1.807) is 24.3 Å². The molecule has 0 atom stereocenters. The van der Waals surface area contributed by atoms with Crippen molar-refractivity contribution in [2.75, 3.05) is 5.73 Å². The van der Waals surface area contributed by atoms with Gasteiger partial charge in [-0.15, -0.1) is 5.10 Å². The van der Waals surface area contributed by atoms with E-state index in [2.05, 4.69) is 10.2 Å². The molecule has 0 aliphatic rings. The molecule has 1 heterocycles. The molecule has 0 bridgehead atoms. The number of benzene rings is 1. The highest BCUT2D eigenvalue weighted by atomic mass is 35.5. The lowest BCUT2D eigenvalue weighted by Crippen LogP contribution is -1.94. The van der Waals surface area contributed by atoms with Crippen molar-refractivity contribution in [1.82, 2.24) is 10.2 Å². The summed E-state index contributed by atoms with van der Waals surface area (Å²) in [5.74, 6) is 0. The first kappa shape index (κ1) is 10.2. The fourth-order valence-electron chi connectivity index (χ4n) is 1.21. The van der Waals surface area contributed by atoms with Crippen molar-refractivity contribution in [3.63, 3.8) is 0 Å². The van der Waals surface area contributed by atoms with Crippen LogP contribution in [0, 0.1) is 0 Å². The van der Waals surface area contributed by atoms with Gasteiger partial charge in [-0.3, -0.25) is 0 Å². The fraction of sp³-hybridized carbons (Fsp3) is 0. The molecule has 15 heavy (non-hydrogen) atoms. The van der Waals surface area contributed by atoms with E-state index in [-0.39, 0.29) is 0 Å². The zero-order valence-electron chi connectivity index (χ0n) is 7.61. The van der Waals surface area contributed by atoms with E-state index in [4.69, 9.17) is 28.9 Å². The van der Waals surface area contributed by atoms with Crippen LogP contribution in [-0.4, -0.2) is 10.2 Å². The van der Waals surface area contributed by atoms with Gasteiger partial charge < -0.3 is 5.73 Å². The molecule has 0 saturated heterocycles. The predicted octanol–water partition coefficient (Wildman–Crippen LogP) is 3.03. The van der Waals surface area contributed by atoms with E-state index in [9.17, 15) is 0 Å². The topological polar surface area (TPSA) is 51.8 Å². The average molecular weight is 240 g/mol. The molecular weight excluding hydrogens is 233 g/mol. The van der Waals surface area contributed by atoms with Crippen LogP contribution >= 0.6 is 23.2 Å². The lowest BCUT2D eigenvalue weighted by Gasteiger charge is -2.04. The van der Waals surface area contributed by atoms with Crippen LogP contribution in [0.2, 0.25) is 10.0 Å². The molecule has 1 aromatic carbocycles. The molecule has 76 valence electrons. The Morgan fingerprint density at radius 3 is 2.53 bits per heavy atom. The number of hydrogen-bond donors (Lipinski definition) is 1. The average Bonchev–Trinajstić information content (AvgIpc) is 2.23. The second kappa shape index (κ2) is 4.04. The van der Waals surface area contributed by atoms with Crippen LogP contribution in [0.15, 0.2) is 30.5 Å². The molecule has 0 aliphatic carbocycles. The zero-order valence-corrected chi connectivity index (χ0v) is 9.13. The van der Waals surface area contributed by atoms with Crippen molar-refractivity contribution in [2.45, 2.75) is 0 Å². The summed E-state index contributed by atoms with van der Waals surface area (Å²) >= 11 is 11.7. The second-order valence-electron chi connectivity index (χ2n) is 2.96. The summed E-state index contributed by atoms with van der Waals surface area (Å²) in [7, 11) is 0. The van der Waals surface area contributed by atoms with Crippen molar-refractivity contribution in [1.29, 1.82) is 0 Å². The largest absolute Gasteiger partial charge is 0.397 e. The maximum atomic E-state index is 5.90. The first-order valence-corrected chi connectivity index (χ1v) is 4.96. The molecule has 0 spiro atoms. The molecule has 0 fully saturated rings. The van der Waals surface area contributed by atoms with E-state index in [0.717, 1.165) is 5.56 Å². The Labute approximate surface area is 96.8 Å². The predicted molar refractivity (Wildman–Crippen MR) is 61.9 cm³/mol. The summed E-state index contributed by atoms with van der Waals surface area (Å²) in [6.45, 7) is 0. The maximum Gasteiger partial charge on any atom is 0.116 e. The minimum atomic E-state index is 0.471. The standard InChI is InChI=1S/C10H7Cl2N3/c11-7-2-1-6(5-8(7)12)10-9(13)3-4-14-15-10/h1-5H,(H2,13,14). The normalized spacial score (nSPS) is 10.3. The first-order chi connectivity index (χ1) is 7.18. The number of nitrogens with two attached hydrogens (primary N) is 1. The van der Waals surface area contributed by atoms with E-state index >= 15 is 0 Å². The number of anilines is 1. The summed E-state index contributed by atoms with van der Waals surface area (Å²) < 4.78 is 0. The second-order valence-corrected chi connectivity index (χ2v) is 3.78. The number of rotatable bonds is 1. The van der Waals surface area contributed by atoms with Crippen LogP contribution in [0.4, 0.5) is 5.69 Å². The van der Waals surface area contributed by atoms with Crippen LogP contribution in [0.3, 0.4) is 0 Å². The highest BCUT2D eigenvalue weighted by molar-refractivity contribution is 6.42. The zero-order chi connectivity index (χ0) is 10.8. The van der Waals surface area contributed by atoms with E-state index < -0.39 is 0 Å². The Morgan fingerprint density at radius 1 is 1.07 bits per heavy atom. The summed E-state index contributed by atoms with van der Waals surface area (Å²) in [4.78, 5) is 0. The molecule has 2 N–H and O–H groups in total. The Morgan fingerprint density at radius 2 is 1.87 bits per heavy atom. The number of nitrogen functional groups attached to an aromatic ring is 1. The Kier molecular flexibility index (Phi) is 2.75. The Hall–Kier alpha value is -1.32. The quantitative estimate of drug-likeness (QED) is 0.833. The number of nitrogens with zero attached hydrogens (tertiary/aromatic N) is 2. The number of aromatic nitrogens is 2. The molecule has 0 radical (unpaired) electrons. The van der Waals surface area contributed by atoms with Crippen molar-refractivity contribution < 1.29 is 0 Å². The van der Waals surface area contributed by atoms with Gasteiger partial charge in [-0.2, -0.15) is 5.10 Å². The van der Waals surface area contributed by atoms with Gasteiger partial charge in [0.2, 0.25) is 0 Å². The van der Waals surface area contributed by atoms with Crippen molar-refractivity contribution >= 4 is 28.9 Å². The van der Waals surface area contributed by atoms with Crippen molar-refractivity contribution in [2.24, 2.45) is 0 Å². The third-order valence-corrected chi connectivity index (χ3v) is 2.68. The van der Waals surface area contributed by atoms with Gasteiger partial charge in [-0.1, -0.05) is 29.3 Å². The molecule has 3 nitrogen and oxygen atoms in total. The SMILES string of the molecule is Nc1ccnnc1-c1ccc(Cl)c(Cl)c1.